The molecule has 1 heterocycles. The zero-order chi connectivity index (χ0) is 26.6. The van der Waals surface area contributed by atoms with Crippen molar-refractivity contribution in [1.82, 2.24) is 4.98 Å². The first-order chi connectivity index (χ1) is 16.6. The van der Waals surface area contributed by atoms with Crippen LogP contribution in [0.15, 0.2) is 30.3 Å². The Morgan fingerprint density at radius 1 is 1.00 bits per heavy atom. The molecule has 2 atom stereocenters. The summed E-state index contributed by atoms with van der Waals surface area (Å²) in [5.74, 6) is 1.22. The molecule has 0 bridgehead atoms. The topological polar surface area (TPSA) is 42.4 Å². The summed E-state index contributed by atoms with van der Waals surface area (Å²) >= 11 is 2.52. The highest BCUT2D eigenvalue weighted by atomic mass is 127. The maximum Gasteiger partial charge on any atom is 0.192 e. The third-order valence-electron chi connectivity index (χ3n) is 9.21. The summed E-state index contributed by atoms with van der Waals surface area (Å²) in [6.45, 7) is 20.6. The van der Waals surface area contributed by atoms with Gasteiger partial charge in [0.15, 0.2) is 8.32 Å². The van der Waals surface area contributed by atoms with E-state index in [0.29, 0.717) is 17.8 Å². The van der Waals surface area contributed by atoms with Crippen molar-refractivity contribution < 1.29 is 9.53 Å². The predicted octanol–water partition coefficient (Wildman–Crippen LogP) is 9.07. The largest absolute Gasteiger partial charge is 0.410 e. The third kappa shape index (κ3) is 5.50. The van der Waals surface area contributed by atoms with Gasteiger partial charge in [0.05, 0.1) is 12.2 Å². The van der Waals surface area contributed by atoms with Crippen molar-refractivity contribution in [3.63, 3.8) is 0 Å². The van der Waals surface area contributed by atoms with E-state index in [2.05, 4.69) is 114 Å². The van der Waals surface area contributed by atoms with Crippen LogP contribution < -0.4 is 0 Å². The third-order valence-corrected chi connectivity index (χ3v) is 14.6. The smallest absolute Gasteiger partial charge is 0.192 e. The van der Waals surface area contributed by atoms with E-state index >= 15 is 0 Å². The Kier molecular flexibility index (Phi) is 7.91. The monoisotopic (exact) mass is 619 g/mol. The fraction of sp³-hybridized carbons (Fsp3) is 0.645. The molecule has 198 valence electrons. The Morgan fingerprint density at radius 3 is 2.11 bits per heavy atom. The summed E-state index contributed by atoms with van der Waals surface area (Å²) in [6.07, 6.45) is 3.83. The highest BCUT2D eigenvalue weighted by molar-refractivity contribution is 14.1. The van der Waals surface area contributed by atoms with Crippen molar-refractivity contribution in [1.29, 1.82) is 0 Å². The molecular formula is C31H46INO2Si. The minimum absolute atomic E-state index is 0.0960. The van der Waals surface area contributed by atoms with E-state index in [4.69, 9.17) is 9.41 Å². The highest BCUT2D eigenvalue weighted by Crippen LogP contribution is 2.60. The molecule has 2 aromatic rings. The summed E-state index contributed by atoms with van der Waals surface area (Å²) in [5, 5.41) is 11.4. The zero-order valence-electron chi connectivity index (χ0n) is 23.8. The van der Waals surface area contributed by atoms with Gasteiger partial charge in [-0.1, -0.05) is 72.7 Å². The van der Waals surface area contributed by atoms with Crippen molar-refractivity contribution >= 4 is 30.9 Å². The molecule has 0 saturated heterocycles. The van der Waals surface area contributed by atoms with E-state index in [-0.39, 0.29) is 16.6 Å². The van der Waals surface area contributed by atoms with Crippen LogP contribution in [0.25, 0.3) is 0 Å². The molecule has 0 aliphatic heterocycles. The summed E-state index contributed by atoms with van der Waals surface area (Å²) in [6, 6.07) is 10.9. The Balaban J connectivity index is 1.60. The van der Waals surface area contributed by atoms with Gasteiger partial charge in [-0.15, -0.1) is 0 Å². The summed E-state index contributed by atoms with van der Waals surface area (Å²) < 4.78 is 8.44. The van der Waals surface area contributed by atoms with Crippen LogP contribution in [0.2, 0.25) is 18.1 Å². The predicted molar refractivity (Wildman–Crippen MR) is 161 cm³/mol. The van der Waals surface area contributed by atoms with Gasteiger partial charge in [-0.05, 0) is 107 Å². The zero-order valence-corrected chi connectivity index (χ0v) is 26.9. The number of pyridine rings is 1. The number of hydrogen-bond donors (Lipinski definition) is 1. The summed E-state index contributed by atoms with van der Waals surface area (Å²) in [7, 11) is -1.96. The van der Waals surface area contributed by atoms with Crippen LogP contribution in [-0.2, 0) is 10.8 Å². The Bertz CT molecular complexity index is 1080. The van der Waals surface area contributed by atoms with Crippen molar-refractivity contribution in [3.8, 4) is 0 Å². The Hall–Kier alpha value is -0.763. The van der Waals surface area contributed by atoms with Crippen LogP contribution in [0, 0.1) is 14.9 Å². The lowest BCUT2D eigenvalue weighted by molar-refractivity contribution is -0.0662. The number of benzene rings is 1. The van der Waals surface area contributed by atoms with Gasteiger partial charge in [0, 0.05) is 20.5 Å². The molecule has 2 aliphatic carbocycles. The molecular weight excluding hydrogens is 573 g/mol. The first-order valence-electron chi connectivity index (χ1n) is 13.8. The number of halogens is 1. The van der Waals surface area contributed by atoms with Crippen LogP contribution in [0.4, 0.5) is 0 Å². The van der Waals surface area contributed by atoms with E-state index in [0.717, 1.165) is 31.2 Å². The number of rotatable bonds is 6. The van der Waals surface area contributed by atoms with Crippen LogP contribution in [-0.4, -0.2) is 18.4 Å². The van der Waals surface area contributed by atoms with Crippen molar-refractivity contribution in [2.75, 3.05) is 0 Å². The maximum atomic E-state index is 11.3. The average Bonchev–Trinajstić information content (AvgIpc) is 2.75. The number of aromatic nitrogens is 1. The van der Waals surface area contributed by atoms with Crippen molar-refractivity contribution in [2.24, 2.45) is 11.3 Å². The molecule has 1 spiro atoms. The van der Waals surface area contributed by atoms with E-state index in [1.54, 1.807) is 0 Å². The van der Waals surface area contributed by atoms with Gasteiger partial charge in [0.2, 0.25) is 0 Å². The number of hydrogen-bond acceptors (Lipinski definition) is 3. The van der Waals surface area contributed by atoms with Gasteiger partial charge >= 0.3 is 0 Å². The molecule has 0 unspecified atom stereocenters. The van der Waals surface area contributed by atoms with Gasteiger partial charge in [-0.2, -0.15) is 0 Å². The minimum atomic E-state index is -1.96. The molecule has 1 N–H and O–H groups in total. The second kappa shape index (κ2) is 10.1. The molecule has 3 nitrogen and oxygen atoms in total. The number of aliphatic hydroxyl groups is 1. The average molecular weight is 620 g/mol. The van der Waals surface area contributed by atoms with E-state index in [1.807, 2.05) is 0 Å². The van der Waals surface area contributed by atoms with Crippen LogP contribution >= 0.6 is 22.6 Å². The molecule has 1 aromatic heterocycles. The van der Waals surface area contributed by atoms with E-state index in [9.17, 15) is 5.11 Å². The number of aliphatic hydroxyl groups excluding tert-OH is 1. The van der Waals surface area contributed by atoms with Crippen LogP contribution in [0.5, 0.6) is 0 Å². The molecule has 2 aliphatic rings. The second-order valence-corrected chi connectivity index (χ2v) is 19.6. The molecule has 36 heavy (non-hydrogen) atoms. The maximum absolute atomic E-state index is 11.3. The van der Waals surface area contributed by atoms with Gasteiger partial charge in [-0.25, -0.2) is 0 Å². The van der Waals surface area contributed by atoms with Gasteiger partial charge in [-0.3, -0.25) is 4.98 Å². The molecule has 0 radical (unpaired) electrons. The summed E-state index contributed by atoms with van der Waals surface area (Å²) in [4.78, 5) is 5.22. The number of fused-ring (bicyclic) bond motifs is 1. The van der Waals surface area contributed by atoms with Crippen LogP contribution in [0.1, 0.15) is 120 Å². The fourth-order valence-corrected chi connectivity index (χ4v) is 8.10. The van der Waals surface area contributed by atoms with Gasteiger partial charge < -0.3 is 9.53 Å². The first-order valence-corrected chi connectivity index (χ1v) is 17.8. The molecule has 4 rings (SSSR count). The highest BCUT2D eigenvalue weighted by Gasteiger charge is 2.53. The standard InChI is InChI=1S/C31H46INO2Si/c1-19(2)21-10-12-22(13-11-21)29(34)23-15-31(16-23)17-26-28(24(32)14-25(33-26)20(3)4)27(18-31)35-36(8,9)30(5,6)7/h10-14,19-20,23,27,29,34H,15-18H2,1-9H3/t23?,27-,29+,31?/m0/s1. The normalized spacial score (nSPS) is 25.2. The summed E-state index contributed by atoms with van der Waals surface area (Å²) in [5.41, 5.74) is 6.32. The van der Waals surface area contributed by atoms with Gasteiger partial charge in [0.25, 0.3) is 0 Å². The van der Waals surface area contributed by atoms with Crippen LogP contribution in [0.3, 0.4) is 0 Å². The Labute approximate surface area is 234 Å². The minimum Gasteiger partial charge on any atom is -0.410 e. The lowest BCUT2D eigenvalue weighted by Gasteiger charge is -2.54. The molecule has 5 heteroatoms. The fourth-order valence-electron chi connectivity index (χ4n) is 5.86. The van der Waals surface area contributed by atoms with E-state index < -0.39 is 14.4 Å². The lowest BCUT2D eigenvalue weighted by atomic mass is 9.53. The van der Waals surface area contributed by atoms with Crippen molar-refractivity contribution in [2.45, 2.75) is 116 Å². The molecule has 0 amide bonds. The first kappa shape index (κ1) is 28.3. The Morgan fingerprint density at radius 2 is 1.58 bits per heavy atom. The lowest BCUT2D eigenvalue weighted by Crippen LogP contribution is -2.49. The second-order valence-electron chi connectivity index (χ2n) is 13.7. The molecule has 1 aromatic carbocycles. The SMILES string of the molecule is CC(C)c1ccc([C@@H](O)C2CC3(Cc4nc(C(C)C)cc(I)c4[C@@H](O[Si](C)(C)C(C)(C)C)C3)C2)cc1. The molecule has 1 saturated carbocycles. The molecule has 1 fully saturated rings. The number of nitrogens with zero attached hydrogens (tertiary/aromatic N) is 1. The van der Waals surface area contributed by atoms with E-state index in [1.165, 1.54) is 26.1 Å². The van der Waals surface area contributed by atoms with Crippen molar-refractivity contribution in [3.05, 3.63) is 62.0 Å². The van der Waals surface area contributed by atoms with Gasteiger partial charge in [0.1, 0.15) is 0 Å². The quantitative estimate of drug-likeness (QED) is 0.259.